The minimum atomic E-state index is -1.31. The lowest BCUT2D eigenvalue weighted by molar-refractivity contribution is -0.147. The summed E-state index contributed by atoms with van der Waals surface area (Å²) in [5, 5.41) is 33.0. The Bertz CT molecular complexity index is 535. The molecule has 0 aromatic heterocycles. The number of hydrogen-bond acceptors (Lipinski definition) is 5. The molecule has 8 nitrogen and oxygen atoms in total. The van der Waals surface area contributed by atoms with Crippen LogP contribution >= 0.6 is 0 Å². The predicted octanol–water partition coefficient (Wildman–Crippen LogP) is 1.04. The number of methoxy groups -OCH3 is 1. The Labute approximate surface area is 119 Å². The third kappa shape index (κ3) is 8.65. The van der Waals surface area contributed by atoms with Gasteiger partial charge in [0, 0.05) is 6.08 Å². The van der Waals surface area contributed by atoms with Gasteiger partial charge in [0.25, 0.3) is 0 Å². The predicted molar refractivity (Wildman–Crippen MR) is 71.2 cm³/mol. The van der Waals surface area contributed by atoms with Crippen molar-refractivity contribution in [3.63, 3.8) is 0 Å². The molecule has 4 N–H and O–H groups in total. The lowest BCUT2D eigenvalue weighted by Crippen LogP contribution is -2.03. The van der Waals surface area contributed by atoms with Crippen molar-refractivity contribution >= 4 is 24.0 Å². The molecule has 0 heterocycles. The van der Waals surface area contributed by atoms with Gasteiger partial charge in [0.2, 0.25) is 0 Å². The lowest BCUT2D eigenvalue weighted by Gasteiger charge is -2.03. The van der Waals surface area contributed by atoms with E-state index < -0.39 is 24.3 Å². The maximum Gasteiger partial charge on any atom is 0.328 e. The molecule has 0 fully saturated rings. The van der Waals surface area contributed by atoms with Crippen LogP contribution in [0.3, 0.4) is 0 Å². The first-order chi connectivity index (χ1) is 9.76. The molecule has 0 saturated heterocycles. The normalized spacial score (nSPS) is 9.57. The molecule has 8 heteroatoms. The van der Waals surface area contributed by atoms with Gasteiger partial charge in [-0.1, -0.05) is 6.07 Å². The summed E-state index contributed by atoms with van der Waals surface area (Å²) in [6.07, 6.45) is 1.64. The number of phenolic OH excluding ortho intramolecular Hbond substituents is 1. The van der Waals surface area contributed by atoms with Gasteiger partial charge in [-0.05, 0) is 23.8 Å². The van der Waals surface area contributed by atoms with Crippen LogP contribution in [-0.4, -0.2) is 45.4 Å². The number of aliphatic carboxylic acids is 3. The Morgan fingerprint density at radius 3 is 2.10 bits per heavy atom. The zero-order valence-electron chi connectivity index (χ0n) is 11.0. The summed E-state index contributed by atoms with van der Waals surface area (Å²) in [6.45, 7) is 0. The first-order valence-corrected chi connectivity index (χ1v) is 5.47. The van der Waals surface area contributed by atoms with Crippen molar-refractivity contribution in [2.45, 2.75) is 6.42 Å². The Hall–Kier alpha value is -3.03. The van der Waals surface area contributed by atoms with Crippen LogP contribution in [0, 0.1) is 0 Å². The molecule has 114 valence electrons. The van der Waals surface area contributed by atoms with Crippen molar-refractivity contribution in [1.29, 1.82) is 0 Å². The minimum absolute atomic E-state index is 0.0278. The van der Waals surface area contributed by atoms with E-state index in [0.29, 0.717) is 11.3 Å². The van der Waals surface area contributed by atoms with Crippen molar-refractivity contribution in [2.75, 3.05) is 7.11 Å². The molecule has 21 heavy (non-hydrogen) atoms. The van der Waals surface area contributed by atoms with Crippen molar-refractivity contribution in [1.82, 2.24) is 0 Å². The molecule has 0 aliphatic heterocycles. The monoisotopic (exact) mass is 298 g/mol. The van der Waals surface area contributed by atoms with Gasteiger partial charge < -0.3 is 25.2 Å². The maximum atomic E-state index is 10.2. The summed E-state index contributed by atoms with van der Waals surface area (Å²) in [5.41, 5.74) is 0.655. The third-order valence-electron chi connectivity index (χ3n) is 1.92. The van der Waals surface area contributed by atoms with E-state index in [1.54, 1.807) is 12.1 Å². The molecule has 0 radical (unpaired) electrons. The molecule has 0 aliphatic rings. The zero-order chi connectivity index (χ0) is 16.4. The second kappa shape index (κ2) is 8.97. The lowest BCUT2D eigenvalue weighted by atomic mass is 10.2. The number of carboxylic acid groups (broad SMARTS) is 3. The van der Waals surface area contributed by atoms with Crippen molar-refractivity contribution < 1.29 is 39.5 Å². The number of aromatic hydroxyl groups is 1. The highest BCUT2D eigenvalue weighted by atomic mass is 16.5. The van der Waals surface area contributed by atoms with E-state index in [0.717, 1.165) is 6.08 Å². The molecular formula is C13H14O8. The Morgan fingerprint density at radius 1 is 1.14 bits per heavy atom. The van der Waals surface area contributed by atoms with Gasteiger partial charge in [0.05, 0.1) is 7.11 Å². The van der Waals surface area contributed by atoms with E-state index in [4.69, 9.17) is 20.1 Å². The summed E-state index contributed by atoms with van der Waals surface area (Å²) < 4.78 is 4.86. The fourth-order valence-corrected chi connectivity index (χ4v) is 1.09. The Kier molecular flexibility index (Phi) is 7.67. The summed E-state index contributed by atoms with van der Waals surface area (Å²) in [5.74, 6) is -3.30. The van der Waals surface area contributed by atoms with Crippen molar-refractivity contribution in [3.05, 3.63) is 29.8 Å². The summed E-state index contributed by atoms with van der Waals surface area (Å²) in [6, 6.07) is 4.59. The second-order valence-electron chi connectivity index (χ2n) is 3.57. The van der Waals surface area contributed by atoms with E-state index in [-0.39, 0.29) is 5.75 Å². The standard InChI is InChI=1S/C10H10O4.C3H4O4/c1-14-9-6-7(2-4-8(9)11)3-5-10(12)13;4-2(5)1-3(6)7/h2-6,11H,1H3,(H,12,13);1H2,(H,4,5)(H,6,7)/b5-3+;. The van der Waals surface area contributed by atoms with Crippen molar-refractivity contribution in [3.8, 4) is 11.5 Å². The Balaban J connectivity index is 0.000000486. The summed E-state index contributed by atoms with van der Waals surface area (Å²) in [4.78, 5) is 29.1. The van der Waals surface area contributed by atoms with E-state index >= 15 is 0 Å². The van der Waals surface area contributed by atoms with Crippen LogP contribution in [0.5, 0.6) is 11.5 Å². The molecule has 1 aromatic carbocycles. The van der Waals surface area contributed by atoms with E-state index in [2.05, 4.69) is 0 Å². The molecule has 0 unspecified atom stereocenters. The van der Waals surface area contributed by atoms with Crippen LogP contribution in [0.25, 0.3) is 6.08 Å². The van der Waals surface area contributed by atoms with E-state index in [1.165, 1.54) is 19.3 Å². The van der Waals surface area contributed by atoms with Gasteiger partial charge in [-0.15, -0.1) is 0 Å². The highest BCUT2D eigenvalue weighted by Crippen LogP contribution is 2.26. The molecule has 0 atom stereocenters. The highest BCUT2D eigenvalue weighted by molar-refractivity contribution is 5.88. The van der Waals surface area contributed by atoms with Gasteiger partial charge in [-0.3, -0.25) is 9.59 Å². The second-order valence-corrected chi connectivity index (χ2v) is 3.57. The molecule has 0 amide bonds. The summed E-state index contributed by atoms with van der Waals surface area (Å²) in [7, 11) is 1.43. The molecular weight excluding hydrogens is 284 g/mol. The van der Waals surface area contributed by atoms with Crippen LogP contribution in [0.1, 0.15) is 12.0 Å². The van der Waals surface area contributed by atoms with E-state index in [9.17, 15) is 19.5 Å². The highest BCUT2D eigenvalue weighted by Gasteiger charge is 2.02. The third-order valence-corrected chi connectivity index (χ3v) is 1.92. The molecule has 1 aromatic rings. The zero-order valence-corrected chi connectivity index (χ0v) is 11.0. The molecule has 0 aliphatic carbocycles. The first-order valence-electron chi connectivity index (χ1n) is 5.47. The van der Waals surface area contributed by atoms with Crippen LogP contribution in [0.4, 0.5) is 0 Å². The SMILES string of the molecule is COc1cc(/C=C/C(=O)O)ccc1O.O=C(O)CC(=O)O. The van der Waals surface area contributed by atoms with Crippen LogP contribution in [0.2, 0.25) is 0 Å². The molecule has 0 spiro atoms. The topological polar surface area (TPSA) is 141 Å². The van der Waals surface area contributed by atoms with Gasteiger partial charge in [0.1, 0.15) is 6.42 Å². The average Bonchev–Trinajstić information content (AvgIpc) is 2.36. The number of benzene rings is 1. The fraction of sp³-hybridized carbons (Fsp3) is 0.154. The number of hydrogen-bond donors (Lipinski definition) is 4. The largest absolute Gasteiger partial charge is 0.504 e. The van der Waals surface area contributed by atoms with Crippen LogP contribution in [0.15, 0.2) is 24.3 Å². The van der Waals surface area contributed by atoms with Crippen molar-refractivity contribution in [2.24, 2.45) is 0 Å². The van der Waals surface area contributed by atoms with Crippen LogP contribution in [-0.2, 0) is 14.4 Å². The fourth-order valence-electron chi connectivity index (χ4n) is 1.09. The van der Waals surface area contributed by atoms with Gasteiger partial charge in [-0.25, -0.2) is 4.79 Å². The quantitative estimate of drug-likeness (QED) is 0.466. The number of carbonyl (C=O) groups is 3. The smallest absolute Gasteiger partial charge is 0.328 e. The molecule has 0 bridgehead atoms. The number of ether oxygens (including phenoxy) is 1. The van der Waals surface area contributed by atoms with Gasteiger partial charge in [-0.2, -0.15) is 0 Å². The first kappa shape index (κ1) is 18.0. The number of phenols is 1. The average molecular weight is 298 g/mol. The summed E-state index contributed by atoms with van der Waals surface area (Å²) >= 11 is 0. The molecule has 1 rings (SSSR count). The van der Waals surface area contributed by atoms with Gasteiger partial charge in [0.15, 0.2) is 11.5 Å². The molecule has 0 saturated carbocycles. The van der Waals surface area contributed by atoms with E-state index in [1.807, 2.05) is 0 Å². The Morgan fingerprint density at radius 2 is 1.71 bits per heavy atom. The van der Waals surface area contributed by atoms with Gasteiger partial charge >= 0.3 is 17.9 Å². The van der Waals surface area contributed by atoms with Crippen LogP contribution < -0.4 is 4.74 Å². The minimum Gasteiger partial charge on any atom is -0.504 e. The number of carboxylic acids is 3. The number of rotatable bonds is 5. The maximum absolute atomic E-state index is 10.2.